The molecule has 0 N–H and O–H groups in total. The first kappa shape index (κ1) is 9.65. The van der Waals surface area contributed by atoms with Crippen molar-refractivity contribution >= 4 is 5.78 Å². The molecule has 0 unspecified atom stereocenters. The number of ketones is 1. The van der Waals surface area contributed by atoms with Crippen molar-refractivity contribution in [2.24, 2.45) is 0 Å². The van der Waals surface area contributed by atoms with Crippen molar-refractivity contribution in [1.82, 2.24) is 0 Å². The summed E-state index contributed by atoms with van der Waals surface area (Å²) in [4.78, 5) is 11.3. The summed E-state index contributed by atoms with van der Waals surface area (Å²) in [6.45, 7) is 1.40. The van der Waals surface area contributed by atoms with Gasteiger partial charge in [0.1, 0.15) is 11.6 Å². The van der Waals surface area contributed by atoms with Crippen molar-refractivity contribution in [2.45, 2.75) is 6.92 Å². The first-order valence-corrected chi connectivity index (χ1v) is 4.53. The van der Waals surface area contributed by atoms with Crippen LogP contribution in [0.3, 0.4) is 0 Å². The minimum Gasteiger partial charge on any atom is -0.464 e. The Labute approximate surface area is 86.3 Å². The van der Waals surface area contributed by atoms with E-state index < -0.39 is 5.82 Å². The molecular formula is C12H9FO2. The number of rotatable bonds is 2. The van der Waals surface area contributed by atoms with E-state index in [-0.39, 0.29) is 11.3 Å². The first-order chi connectivity index (χ1) is 7.20. The van der Waals surface area contributed by atoms with E-state index in [2.05, 4.69) is 0 Å². The fraction of sp³-hybridized carbons (Fsp3) is 0.0833. The van der Waals surface area contributed by atoms with Crippen molar-refractivity contribution in [3.63, 3.8) is 0 Å². The molecule has 0 aliphatic rings. The molecule has 0 atom stereocenters. The van der Waals surface area contributed by atoms with Crippen molar-refractivity contribution in [1.29, 1.82) is 0 Å². The Bertz CT molecular complexity index is 486. The van der Waals surface area contributed by atoms with Crippen LogP contribution < -0.4 is 0 Å². The summed E-state index contributed by atoms with van der Waals surface area (Å²) in [5.41, 5.74) is 0.569. The second kappa shape index (κ2) is 3.69. The number of halogens is 1. The van der Waals surface area contributed by atoms with E-state index in [4.69, 9.17) is 4.42 Å². The van der Waals surface area contributed by atoms with Crippen LogP contribution >= 0.6 is 0 Å². The van der Waals surface area contributed by atoms with Crippen LogP contribution in [0.15, 0.2) is 41.0 Å². The molecule has 0 aliphatic carbocycles. The van der Waals surface area contributed by atoms with Crippen molar-refractivity contribution in [2.75, 3.05) is 0 Å². The summed E-state index contributed by atoms with van der Waals surface area (Å²) in [7, 11) is 0. The van der Waals surface area contributed by atoms with Crippen LogP contribution in [-0.2, 0) is 0 Å². The molecule has 15 heavy (non-hydrogen) atoms. The summed E-state index contributed by atoms with van der Waals surface area (Å²) in [6.07, 6.45) is 1.45. The largest absolute Gasteiger partial charge is 0.464 e. The van der Waals surface area contributed by atoms with E-state index in [9.17, 15) is 9.18 Å². The van der Waals surface area contributed by atoms with E-state index in [0.717, 1.165) is 0 Å². The molecule has 2 nitrogen and oxygen atoms in total. The fourth-order valence-electron chi connectivity index (χ4n) is 1.49. The highest BCUT2D eigenvalue weighted by atomic mass is 19.1. The lowest BCUT2D eigenvalue weighted by Crippen LogP contribution is -1.97. The third kappa shape index (κ3) is 1.68. The quantitative estimate of drug-likeness (QED) is 0.702. The Morgan fingerprint density at radius 3 is 2.67 bits per heavy atom. The Balaban J connectivity index is 2.68. The molecule has 0 spiro atoms. The zero-order valence-electron chi connectivity index (χ0n) is 8.16. The average Bonchev–Trinajstić information content (AvgIpc) is 2.70. The first-order valence-electron chi connectivity index (χ1n) is 4.53. The molecule has 3 heteroatoms. The van der Waals surface area contributed by atoms with Gasteiger partial charge in [-0.1, -0.05) is 12.1 Å². The molecule has 2 aromatic rings. The maximum absolute atomic E-state index is 13.6. The van der Waals surface area contributed by atoms with E-state index in [1.165, 1.54) is 25.3 Å². The summed E-state index contributed by atoms with van der Waals surface area (Å²) >= 11 is 0. The predicted molar refractivity (Wildman–Crippen MR) is 54.1 cm³/mol. The normalized spacial score (nSPS) is 10.3. The molecule has 0 saturated heterocycles. The number of furan rings is 1. The highest BCUT2D eigenvalue weighted by Crippen LogP contribution is 2.27. The lowest BCUT2D eigenvalue weighted by molar-refractivity contribution is 0.101. The number of hydrogen-bond acceptors (Lipinski definition) is 2. The molecule has 1 aromatic carbocycles. The monoisotopic (exact) mass is 204 g/mol. The molecule has 0 aliphatic heterocycles. The molecule has 1 heterocycles. The zero-order chi connectivity index (χ0) is 10.8. The van der Waals surface area contributed by atoms with Gasteiger partial charge < -0.3 is 4.42 Å². The van der Waals surface area contributed by atoms with E-state index in [1.54, 1.807) is 18.2 Å². The van der Waals surface area contributed by atoms with Gasteiger partial charge >= 0.3 is 0 Å². The lowest BCUT2D eigenvalue weighted by Gasteiger charge is -2.04. The number of carbonyl (C=O) groups is 1. The van der Waals surface area contributed by atoms with E-state index in [1.807, 2.05) is 0 Å². The standard InChI is InChI=1S/C12H9FO2/c1-8(14)9-4-2-5-10(13)12(9)11-6-3-7-15-11/h2-7H,1H3. The smallest absolute Gasteiger partial charge is 0.160 e. The summed E-state index contributed by atoms with van der Waals surface area (Å²) in [5, 5.41) is 0. The Morgan fingerprint density at radius 2 is 2.07 bits per heavy atom. The molecule has 0 amide bonds. The van der Waals surface area contributed by atoms with Crippen molar-refractivity contribution in [3.05, 3.63) is 48.0 Å². The van der Waals surface area contributed by atoms with Crippen molar-refractivity contribution < 1.29 is 13.6 Å². The van der Waals surface area contributed by atoms with Crippen molar-refractivity contribution in [3.8, 4) is 11.3 Å². The molecular weight excluding hydrogens is 195 g/mol. The topological polar surface area (TPSA) is 30.2 Å². The number of benzene rings is 1. The molecule has 1 aromatic heterocycles. The number of Topliss-reactive ketones (excluding diaryl/α,β-unsaturated/α-hetero) is 1. The van der Waals surface area contributed by atoms with Crippen LogP contribution in [-0.4, -0.2) is 5.78 Å². The van der Waals surface area contributed by atoms with Crippen LogP contribution in [0.5, 0.6) is 0 Å². The third-order valence-corrected chi connectivity index (χ3v) is 2.16. The molecule has 2 rings (SSSR count). The second-order valence-corrected chi connectivity index (χ2v) is 3.20. The van der Waals surface area contributed by atoms with Gasteiger partial charge in [-0.15, -0.1) is 0 Å². The zero-order valence-corrected chi connectivity index (χ0v) is 8.16. The lowest BCUT2D eigenvalue weighted by atomic mass is 10.0. The predicted octanol–water partition coefficient (Wildman–Crippen LogP) is 3.29. The van der Waals surface area contributed by atoms with Gasteiger partial charge in [-0.05, 0) is 25.1 Å². The van der Waals surface area contributed by atoms with Gasteiger partial charge in [-0.3, -0.25) is 4.79 Å². The van der Waals surface area contributed by atoms with Crippen LogP contribution in [0.1, 0.15) is 17.3 Å². The van der Waals surface area contributed by atoms with Gasteiger partial charge in [0.15, 0.2) is 5.78 Å². The van der Waals surface area contributed by atoms with Crippen LogP contribution in [0.2, 0.25) is 0 Å². The summed E-state index contributed by atoms with van der Waals surface area (Å²) < 4.78 is 18.7. The van der Waals surface area contributed by atoms with Gasteiger partial charge in [0.05, 0.1) is 11.8 Å². The minimum absolute atomic E-state index is 0.180. The maximum Gasteiger partial charge on any atom is 0.160 e. The SMILES string of the molecule is CC(=O)c1cccc(F)c1-c1ccco1. The average molecular weight is 204 g/mol. The van der Waals surface area contributed by atoms with Crippen LogP contribution in [0.25, 0.3) is 11.3 Å². The minimum atomic E-state index is -0.447. The molecule has 0 radical (unpaired) electrons. The molecule has 0 fully saturated rings. The summed E-state index contributed by atoms with van der Waals surface area (Å²) in [6, 6.07) is 7.70. The van der Waals surface area contributed by atoms with Crippen LogP contribution in [0, 0.1) is 5.82 Å². The van der Waals surface area contributed by atoms with Gasteiger partial charge in [-0.25, -0.2) is 4.39 Å². The third-order valence-electron chi connectivity index (χ3n) is 2.16. The Kier molecular flexibility index (Phi) is 2.37. The molecule has 0 bridgehead atoms. The fourth-order valence-corrected chi connectivity index (χ4v) is 1.49. The molecule has 76 valence electrons. The summed E-state index contributed by atoms with van der Waals surface area (Å²) in [5.74, 6) is -0.253. The second-order valence-electron chi connectivity index (χ2n) is 3.20. The Hall–Kier alpha value is -1.90. The highest BCUT2D eigenvalue weighted by molar-refractivity contribution is 6.00. The maximum atomic E-state index is 13.6. The van der Waals surface area contributed by atoms with E-state index >= 15 is 0 Å². The van der Waals surface area contributed by atoms with Gasteiger partial charge in [0.25, 0.3) is 0 Å². The number of hydrogen-bond donors (Lipinski definition) is 0. The van der Waals surface area contributed by atoms with Gasteiger partial charge in [0.2, 0.25) is 0 Å². The van der Waals surface area contributed by atoms with Gasteiger partial charge in [0, 0.05) is 5.56 Å². The van der Waals surface area contributed by atoms with Gasteiger partial charge in [-0.2, -0.15) is 0 Å². The molecule has 0 saturated carbocycles. The number of carbonyl (C=O) groups excluding carboxylic acids is 1. The van der Waals surface area contributed by atoms with E-state index in [0.29, 0.717) is 11.3 Å². The Morgan fingerprint density at radius 1 is 1.27 bits per heavy atom. The highest BCUT2D eigenvalue weighted by Gasteiger charge is 2.15. The van der Waals surface area contributed by atoms with Crippen LogP contribution in [0.4, 0.5) is 4.39 Å².